The molecule has 0 radical (unpaired) electrons. The van der Waals surface area contributed by atoms with E-state index in [0.29, 0.717) is 0 Å². The third kappa shape index (κ3) is 2.27. The van der Waals surface area contributed by atoms with Gasteiger partial charge in [0, 0.05) is 17.3 Å². The van der Waals surface area contributed by atoms with Gasteiger partial charge in [0.1, 0.15) is 0 Å². The Hall–Kier alpha value is 0.310. The topological polar surface area (TPSA) is 12.0 Å². The highest BCUT2D eigenvalue weighted by molar-refractivity contribution is 7.99. The minimum Gasteiger partial charge on any atom is -0.311 e. The van der Waals surface area contributed by atoms with Crippen molar-refractivity contribution in [2.45, 2.75) is 75.1 Å². The first-order valence-electron chi connectivity index (χ1n) is 8.64. The van der Waals surface area contributed by atoms with Gasteiger partial charge in [0.2, 0.25) is 0 Å². The van der Waals surface area contributed by atoms with E-state index in [2.05, 4.69) is 23.3 Å². The molecule has 0 aromatic carbocycles. The number of nitrogens with one attached hydrogen (secondary N) is 1. The minimum atomic E-state index is 0.854. The van der Waals surface area contributed by atoms with E-state index in [9.17, 15) is 0 Å². The molecule has 0 saturated heterocycles. The Morgan fingerprint density at radius 2 is 1.63 bits per heavy atom. The Labute approximate surface area is 122 Å². The average molecular weight is 279 g/mol. The molecule has 5 unspecified atom stereocenters. The maximum absolute atomic E-state index is 4.10. The smallest absolute Gasteiger partial charge is 0.0103 e. The van der Waals surface area contributed by atoms with E-state index in [1.807, 2.05) is 0 Å². The highest BCUT2D eigenvalue weighted by Gasteiger charge is 2.53. The third-order valence-corrected chi connectivity index (χ3v) is 8.02. The van der Waals surface area contributed by atoms with Gasteiger partial charge in [-0.1, -0.05) is 6.42 Å². The van der Waals surface area contributed by atoms with Gasteiger partial charge in [0.25, 0.3) is 0 Å². The van der Waals surface area contributed by atoms with Crippen LogP contribution in [-0.2, 0) is 0 Å². The van der Waals surface area contributed by atoms with Gasteiger partial charge < -0.3 is 5.32 Å². The van der Waals surface area contributed by atoms with Gasteiger partial charge >= 0.3 is 0 Å². The highest BCUT2D eigenvalue weighted by Crippen LogP contribution is 2.58. The molecule has 2 heteroatoms. The molecule has 0 amide bonds. The normalized spacial score (nSPS) is 52.6. The van der Waals surface area contributed by atoms with Gasteiger partial charge in [-0.15, -0.1) is 0 Å². The Morgan fingerprint density at radius 3 is 2.42 bits per heavy atom. The summed E-state index contributed by atoms with van der Waals surface area (Å²) in [7, 11) is 0. The van der Waals surface area contributed by atoms with E-state index in [1.165, 1.54) is 38.5 Å². The van der Waals surface area contributed by atoms with Crippen molar-refractivity contribution in [2.24, 2.45) is 23.7 Å². The summed E-state index contributed by atoms with van der Waals surface area (Å²) in [6.07, 6.45) is 15.8. The summed E-state index contributed by atoms with van der Waals surface area (Å²) < 4.78 is 0. The van der Waals surface area contributed by atoms with E-state index in [1.54, 1.807) is 19.3 Å². The maximum Gasteiger partial charge on any atom is 0.0103 e. The summed E-state index contributed by atoms with van der Waals surface area (Å²) in [6, 6.07) is 1.76. The zero-order valence-corrected chi connectivity index (χ0v) is 13.1. The Balaban J connectivity index is 1.33. The predicted molar refractivity (Wildman–Crippen MR) is 83.5 cm³/mol. The van der Waals surface area contributed by atoms with Crippen LogP contribution in [0.3, 0.4) is 0 Å². The molecule has 0 spiro atoms. The van der Waals surface area contributed by atoms with Crippen LogP contribution in [0.4, 0.5) is 0 Å². The van der Waals surface area contributed by atoms with Gasteiger partial charge in [-0.25, -0.2) is 0 Å². The van der Waals surface area contributed by atoms with Gasteiger partial charge in [0.15, 0.2) is 0 Å². The quantitative estimate of drug-likeness (QED) is 0.835. The van der Waals surface area contributed by atoms with Crippen molar-refractivity contribution < 1.29 is 0 Å². The lowest BCUT2D eigenvalue weighted by molar-refractivity contribution is 0.188. The van der Waals surface area contributed by atoms with Crippen LogP contribution in [0.1, 0.15) is 57.8 Å². The molecule has 1 N–H and O–H groups in total. The Bertz CT molecular complexity index is 323. The zero-order valence-electron chi connectivity index (χ0n) is 12.3. The lowest BCUT2D eigenvalue weighted by atomic mass is 9.78. The monoisotopic (exact) mass is 279 g/mol. The molecule has 0 aliphatic heterocycles. The molecular formula is C17H29NS. The molecule has 1 nitrogen and oxygen atoms in total. The third-order valence-electron chi connectivity index (χ3n) is 6.89. The van der Waals surface area contributed by atoms with Crippen LogP contribution in [0.25, 0.3) is 0 Å². The number of hydrogen-bond acceptors (Lipinski definition) is 2. The molecule has 4 saturated carbocycles. The van der Waals surface area contributed by atoms with Gasteiger partial charge in [-0.05, 0) is 81.3 Å². The molecule has 4 rings (SSSR count). The number of thioether (sulfide) groups is 1. The minimum absolute atomic E-state index is 0.854. The highest BCUT2D eigenvalue weighted by atomic mass is 32.2. The van der Waals surface area contributed by atoms with Crippen LogP contribution < -0.4 is 5.32 Å². The first kappa shape index (κ1) is 13.0. The van der Waals surface area contributed by atoms with Crippen molar-refractivity contribution in [1.82, 2.24) is 5.32 Å². The Morgan fingerprint density at radius 1 is 0.842 bits per heavy atom. The molecule has 5 atom stereocenters. The largest absolute Gasteiger partial charge is 0.311 e. The summed E-state index contributed by atoms with van der Waals surface area (Å²) in [5.41, 5.74) is 0. The van der Waals surface area contributed by atoms with Gasteiger partial charge in [-0.3, -0.25) is 0 Å². The lowest BCUT2D eigenvalue weighted by Gasteiger charge is -2.37. The van der Waals surface area contributed by atoms with Crippen molar-refractivity contribution in [1.29, 1.82) is 0 Å². The van der Waals surface area contributed by atoms with Gasteiger partial charge in [0.05, 0.1) is 0 Å². The molecule has 0 aromatic rings. The van der Waals surface area contributed by atoms with E-state index in [4.69, 9.17) is 0 Å². The Kier molecular flexibility index (Phi) is 3.60. The first-order valence-corrected chi connectivity index (χ1v) is 9.93. The summed E-state index contributed by atoms with van der Waals surface area (Å²) in [4.78, 5) is 0. The van der Waals surface area contributed by atoms with Gasteiger partial charge in [-0.2, -0.15) is 11.8 Å². The van der Waals surface area contributed by atoms with Crippen molar-refractivity contribution >= 4 is 11.8 Å². The zero-order chi connectivity index (χ0) is 12.8. The number of hydrogen-bond donors (Lipinski definition) is 1. The number of fused-ring (bicyclic) bond motifs is 5. The van der Waals surface area contributed by atoms with Crippen LogP contribution >= 0.6 is 11.8 Å². The summed E-state index contributed by atoms with van der Waals surface area (Å²) in [6.45, 7) is 0. The second-order valence-corrected chi connectivity index (χ2v) is 8.77. The van der Waals surface area contributed by atoms with Crippen molar-refractivity contribution in [3.63, 3.8) is 0 Å². The maximum atomic E-state index is 4.10. The van der Waals surface area contributed by atoms with Crippen LogP contribution in [0, 0.1) is 23.7 Å². The predicted octanol–water partition coefficient (Wildman–Crippen LogP) is 4.07. The molecular weight excluding hydrogens is 250 g/mol. The molecule has 19 heavy (non-hydrogen) atoms. The van der Waals surface area contributed by atoms with E-state index in [-0.39, 0.29) is 0 Å². The van der Waals surface area contributed by atoms with Crippen LogP contribution in [0.2, 0.25) is 0 Å². The summed E-state index contributed by atoms with van der Waals surface area (Å²) in [5, 5.41) is 5.05. The fourth-order valence-electron chi connectivity index (χ4n) is 6.03. The molecule has 0 heterocycles. The first-order chi connectivity index (χ1) is 9.35. The lowest BCUT2D eigenvalue weighted by Crippen LogP contribution is -2.46. The molecule has 4 aliphatic rings. The van der Waals surface area contributed by atoms with Crippen LogP contribution in [0.15, 0.2) is 0 Å². The number of rotatable bonds is 3. The summed E-state index contributed by atoms with van der Waals surface area (Å²) in [5.74, 6) is 4.45. The van der Waals surface area contributed by atoms with E-state index < -0.39 is 0 Å². The molecule has 2 bridgehead atoms. The van der Waals surface area contributed by atoms with E-state index in [0.717, 1.165) is 41.0 Å². The molecule has 0 aromatic heterocycles. The van der Waals surface area contributed by atoms with Crippen LogP contribution in [-0.4, -0.2) is 23.6 Å². The van der Waals surface area contributed by atoms with Crippen molar-refractivity contribution in [2.75, 3.05) is 6.26 Å². The van der Waals surface area contributed by atoms with Crippen molar-refractivity contribution in [3.8, 4) is 0 Å². The van der Waals surface area contributed by atoms with Crippen LogP contribution in [0.5, 0.6) is 0 Å². The second-order valence-electron chi connectivity index (χ2n) is 7.64. The molecule has 108 valence electrons. The average Bonchev–Trinajstić information content (AvgIpc) is 3.11. The summed E-state index contributed by atoms with van der Waals surface area (Å²) >= 11 is 2.09. The van der Waals surface area contributed by atoms with E-state index >= 15 is 0 Å². The molecule has 4 fully saturated rings. The standard InChI is InChI=1S/C17H29NS/c1-19-13-7-5-12(6-8-13)18-17-10-11-9-16(17)15-4-2-3-14(11)15/h11-18H,2-10H2,1H3. The van der Waals surface area contributed by atoms with Crippen molar-refractivity contribution in [3.05, 3.63) is 0 Å². The SMILES string of the molecule is CSC1CCC(NC2CC3CC2C2CCCC32)CC1. The molecule has 4 aliphatic carbocycles. The fraction of sp³-hybridized carbons (Fsp3) is 1.00. The fourth-order valence-corrected chi connectivity index (χ4v) is 6.77. The second kappa shape index (κ2) is 5.26.